The number of carbonyl (C=O) groups is 3. The molecule has 0 atom stereocenters. The minimum atomic E-state index is -0.526. The lowest BCUT2D eigenvalue weighted by Crippen LogP contribution is -2.21. The van der Waals surface area contributed by atoms with Gasteiger partial charge in [-0.15, -0.1) is 0 Å². The smallest absolute Gasteiger partial charge is 0.338 e. The van der Waals surface area contributed by atoms with Gasteiger partial charge in [-0.05, 0) is 49.7 Å². The molecule has 2 rings (SSSR count). The van der Waals surface area contributed by atoms with Crippen molar-refractivity contribution in [1.82, 2.24) is 0 Å². The van der Waals surface area contributed by atoms with Crippen molar-refractivity contribution in [3.63, 3.8) is 0 Å². The number of ether oxygens (including phenoxy) is 3. The number of anilines is 1. The summed E-state index contributed by atoms with van der Waals surface area (Å²) in [5.74, 6) is -0.722. The first kappa shape index (κ1) is 21.0. The lowest BCUT2D eigenvalue weighted by Gasteiger charge is -2.09. The van der Waals surface area contributed by atoms with Crippen molar-refractivity contribution in [3.05, 3.63) is 59.7 Å². The van der Waals surface area contributed by atoms with Crippen LogP contribution < -0.4 is 10.1 Å². The number of rotatable bonds is 9. The van der Waals surface area contributed by atoms with E-state index in [1.54, 1.807) is 31.2 Å². The van der Waals surface area contributed by atoms with Gasteiger partial charge in [0.1, 0.15) is 5.75 Å². The van der Waals surface area contributed by atoms with E-state index in [0.717, 1.165) is 5.56 Å². The highest BCUT2D eigenvalue weighted by molar-refractivity contribution is 5.94. The van der Waals surface area contributed by atoms with E-state index in [-0.39, 0.29) is 13.0 Å². The standard InChI is InChI=1S/C21H23NO6/c1-3-26-21(25)16-8-10-17(11-9-16)22-19(23)14-28-20(24)12-13-27-18-7-5-4-6-15(18)2/h4-11H,3,12-14H2,1-2H3,(H,22,23). The van der Waals surface area contributed by atoms with Crippen LogP contribution in [-0.4, -0.2) is 37.7 Å². The average molecular weight is 385 g/mol. The number of hydrogen-bond acceptors (Lipinski definition) is 6. The second-order valence-electron chi connectivity index (χ2n) is 5.87. The second kappa shape index (κ2) is 10.7. The summed E-state index contributed by atoms with van der Waals surface area (Å²) in [5, 5.41) is 2.59. The van der Waals surface area contributed by atoms with Gasteiger partial charge in [0.2, 0.25) is 0 Å². The van der Waals surface area contributed by atoms with E-state index in [4.69, 9.17) is 14.2 Å². The van der Waals surface area contributed by atoms with Crippen molar-refractivity contribution in [1.29, 1.82) is 0 Å². The van der Waals surface area contributed by atoms with Crippen molar-refractivity contribution < 1.29 is 28.6 Å². The molecule has 0 saturated heterocycles. The highest BCUT2D eigenvalue weighted by atomic mass is 16.5. The molecule has 0 bridgehead atoms. The Kier molecular flexibility index (Phi) is 8.02. The van der Waals surface area contributed by atoms with E-state index in [9.17, 15) is 14.4 Å². The van der Waals surface area contributed by atoms with Crippen molar-refractivity contribution in [2.75, 3.05) is 25.1 Å². The Morgan fingerprint density at radius 3 is 2.36 bits per heavy atom. The monoisotopic (exact) mass is 385 g/mol. The highest BCUT2D eigenvalue weighted by Crippen LogP contribution is 2.16. The molecule has 7 heteroatoms. The van der Waals surface area contributed by atoms with Crippen molar-refractivity contribution in [2.24, 2.45) is 0 Å². The van der Waals surface area contributed by atoms with Crippen LogP contribution in [0.1, 0.15) is 29.3 Å². The molecule has 0 aromatic heterocycles. The molecule has 0 aliphatic heterocycles. The zero-order valence-corrected chi connectivity index (χ0v) is 15.9. The molecule has 1 N–H and O–H groups in total. The first-order valence-electron chi connectivity index (χ1n) is 8.90. The van der Waals surface area contributed by atoms with Crippen LogP contribution in [0.2, 0.25) is 0 Å². The molecule has 0 spiro atoms. The normalized spacial score (nSPS) is 10.1. The van der Waals surface area contributed by atoms with Crippen LogP contribution in [-0.2, 0) is 19.1 Å². The number of amides is 1. The summed E-state index contributed by atoms with van der Waals surface area (Å²) >= 11 is 0. The van der Waals surface area contributed by atoms with E-state index in [2.05, 4.69) is 5.32 Å². The molecule has 0 unspecified atom stereocenters. The predicted molar refractivity (Wildman–Crippen MR) is 103 cm³/mol. The van der Waals surface area contributed by atoms with E-state index in [1.165, 1.54) is 0 Å². The third-order valence-electron chi connectivity index (χ3n) is 3.70. The first-order valence-corrected chi connectivity index (χ1v) is 8.90. The number of esters is 2. The molecule has 1 amide bonds. The van der Waals surface area contributed by atoms with Gasteiger partial charge in [0, 0.05) is 5.69 Å². The third kappa shape index (κ3) is 6.75. The van der Waals surface area contributed by atoms with Gasteiger partial charge < -0.3 is 19.5 Å². The van der Waals surface area contributed by atoms with Gasteiger partial charge in [0.05, 0.1) is 25.2 Å². The Balaban J connectivity index is 1.69. The minimum Gasteiger partial charge on any atom is -0.493 e. The fourth-order valence-corrected chi connectivity index (χ4v) is 2.28. The topological polar surface area (TPSA) is 90.9 Å². The van der Waals surface area contributed by atoms with Crippen LogP contribution in [0.15, 0.2) is 48.5 Å². The summed E-state index contributed by atoms with van der Waals surface area (Å²) in [5.41, 5.74) is 1.85. The van der Waals surface area contributed by atoms with Crippen LogP contribution in [0.3, 0.4) is 0 Å². The number of para-hydroxylation sites is 1. The molecule has 0 saturated carbocycles. The largest absolute Gasteiger partial charge is 0.493 e. The maximum Gasteiger partial charge on any atom is 0.338 e. The summed E-state index contributed by atoms with van der Waals surface area (Å²) in [6.07, 6.45) is 0.0376. The van der Waals surface area contributed by atoms with Crippen molar-refractivity contribution in [3.8, 4) is 5.75 Å². The molecule has 2 aromatic carbocycles. The zero-order valence-electron chi connectivity index (χ0n) is 15.9. The molecule has 148 valence electrons. The molecule has 0 aliphatic carbocycles. The summed E-state index contributed by atoms with van der Waals surface area (Å²) < 4.78 is 15.3. The maximum absolute atomic E-state index is 11.9. The van der Waals surface area contributed by atoms with Crippen LogP contribution in [0.25, 0.3) is 0 Å². The number of hydrogen-bond donors (Lipinski definition) is 1. The van der Waals surface area contributed by atoms with Crippen molar-refractivity contribution >= 4 is 23.5 Å². The summed E-state index contributed by atoms with van der Waals surface area (Å²) in [7, 11) is 0. The molecule has 0 aliphatic rings. The molecule has 0 heterocycles. The molecule has 0 fully saturated rings. The highest BCUT2D eigenvalue weighted by Gasteiger charge is 2.10. The molecule has 28 heavy (non-hydrogen) atoms. The maximum atomic E-state index is 11.9. The van der Waals surface area contributed by atoms with E-state index in [0.29, 0.717) is 23.6 Å². The van der Waals surface area contributed by atoms with E-state index >= 15 is 0 Å². The molecule has 7 nitrogen and oxygen atoms in total. The van der Waals surface area contributed by atoms with Gasteiger partial charge >= 0.3 is 11.9 Å². The Hall–Kier alpha value is -3.35. The van der Waals surface area contributed by atoms with Gasteiger partial charge in [-0.1, -0.05) is 18.2 Å². The average Bonchev–Trinajstić information content (AvgIpc) is 2.68. The van der Waals surface area contributed by atoms with Crippen LogP contribution >= 0.6 is 0 Å². The van der Waals surface area contributed by atoms with Gasteiger partial charge in [-0.3, -0.25) is 9.59 Å². The number of benzene rings is 2. The molecule has 0 radical (unpaired) electrons. The third-order valence-corrected chi connectivity index (χ3v) is 3.70. The molecular formula is C21H23NO6. The van der Waals surface area contributed by atoms with Gasteiger partial charge in [0.15, 0.2) is 6.61 Å². The summed E-state index contributed by atoms with van der Waals surface area (Å²) in [4.78, 5) is 35.2. The summed E-state index contributed by atoms with van der Waals surface area (Å²) in [6, 6.07) is 13.7. The van der Waals surface area contributed by atoms with E-state index in [1.807, 2.05) is 31.2 Å². The Morgan fingerprint density at radius 1 is 0.964 bits per heavy atom. The summed E-state index contributed by atoms with van der Waals surface area (Å²) in [6.45, 7) is 3.70. The quantitative estimate of drug-likeness (QED) is 0.667. The van der Waals surface area contributed by atoms with Crippen LogP contribution in [0.4, 0.5) is 5.69 Å². The fourth-order valence-electron chi connectivity index (χ4n) is 2.28. The van der Waals surface area contributed by atoms with Gasteiger partial charge in [-0.25, -0.2) is 4.79 Å². The Labute approximate surface area is 163 Å². The fraction of sp³-hybridized carbons (Fsp3) is 0.286. The SMILES string of the molecule is CCOC(=O)c1ccc(NC(=O)COC(=O)CCOc2ccccc2C)cc1. The Morgan fingerprint density at radius 2 is 1.68 bits per heavy atom. The lowest BCUT2D eigenvalue weighted by atomic mass is 10.2. The predicted octanol–water partition coefficient (Wildman–Crippen LogP) is 3.12. The van der Waals surface area contributed by atoms with Crippen molar-refractivity contribution in [2.45, 2.75) is 20.3 Å². The van der Waals surface area contributed by atoms with Gasteiger partial charge in [-0.2, -0.15) is 0 Å². The lowest BCUT2D eigenvalue weighted by molar-refractivity contribution is -0.147. The van der Waals surface area contributed by atoms with Crippen LogP contribution in [0, 0.1) is 6.92 Å². The first-order chi connectivity index (χ1) is 13.5. The van der Waals surface area contributed by atoms with Gasteiger partial charge in [0.25, 0.3) is 5.91 Å². The molecular weight excluding hydrogens is 362 g/mol. The van der Waals surface area contributed by atoms with E-state index < -0.39 is 24.5 Å². The zero-order chi connectivity index (χ0) is 20.4. The molecule has 2 aromatic rings. The van der Waals surface area contributed by atoms with Crippen LogP contribution in [0.5, 0.6) is 5.75 Å². The number of aryl methyl sites for hydroxylation is 1. The number of carbonyl (C=O) groups excluding carboxylic acids is 3. The number of nitrogens with one attached hydrogen (secondary N) is 1. The Bertz CT molecular complexity index is 816. The second-order valence-corrected chi connectivity index (χ2v) is 5.87. The minimum absolute atomic E-state index is 0.0376.